The molecular weight excluding hydrogens is 925 g/mol. The number of amides is 5. The Bertz CT molecular complexity index is 2670. The molecule has 3 aliphatic carbocycles. The summed E-state index contributed by atoms with van der Waals surface area (Å²) >= 11 is 0. The monoisotopic (exact) mass is 998 g/mol. The van der Waals surface area contributed by atoms with Crippen molar-refractivity contribution in [2.24, 2.45) is 28.7 Å². The highest BCUT2D eigenvalue weighted by Gasteiger charge is 2.68. The van der Waals surface area contributed by atoms with Crippen LogP contribution in [0.15, 0.2) is 84.9 Å². The minimum atomic E-state index is -1.32. The predicted molar refractivity (Wildman–Crippen MR) is 280 cm³/mol. The highest BCUT2D eigenvalue weighted by Crippen LogP contribution is 2.65. The number of carbonyl (C=O) groups is 5. The molecule has 9 rings (SSSR count). The molecule has 0 aromatic heterocycles. The molecule has 4 aromatic rings. The maximum absolute atomic E-state index is 14.6. The minimum absolute atomic E-state index is 0.0567. The van der Waals surface area contributed by atoms with Crippen LogP contribution in [0.3, 0.4) is 0 Å². The van der Waals surface area contributed by atoms with E-state index in [4.69, 9.17) is 30.2 Å². The van der Waals surface area contributed by atoms with E-state index in [0.717, 1.165) is 43.2 Å². The van der Waals surface area contributed by atoms with E-state index in [1.807, 2.05) is 31.2 Å². The molecule has 73 heavy (non-hydrogen) atoms. The van der Waals surface area contributed by atoms with Gasteiger partial charge in [0.2, 0.25) is 23.6 Å². The number of ether oxygens (including phenoxy) is 2. The van der Waals surface area contributed by atoms with E-state index in [1.54, 1.807) is 36.4 Å². The first-order valence-electron chi connectivity index (χ1n) is 25.9. The zero-order chi connectivity index (χ0) is 52.2. The van der Waals surface area contributed by atoms with E-state index in [1.165, 1.54) is 24.4 Å². The normalized spacial score (nSPS) is 24.4. The van der Waals surface area contributed by atoms with Gasteiger partial charge in [-0.3, -0.25) is 24.0 Å². The fraction of sp³-hybridized carbons (Fsp3) is 0.482. The van der Waals surface area contributed by atoms with Gasteiger partial charge in [-0.25, -0.2) is 0 Å². The molecule has 388 valence electrons. The highest BCUT2D eigenvalue weighted by molar-refractivity contribution is 6.47. The second-order valence-electron chi connectivity index (χ2n) is 21.0. The molecule has 1 saturated heterocycles. The standard InChI is InChI=1S/C56H72BN7O9/c1-8-9-10-35-11-14-37(15-12-35)38-16-18-39(19-17-38)52(67)60-32-49(65)64(7)50-40-20-22-46(71-26-24-59)43(29-40)42-27-36(13-21-45(42)70-25-23-58)28-44(63-51(66)33(2)61-54(50)69)53(68)62-34(3)57-72-48-31-41-30-47(55(41,4)5)56(48,6)73-57/h11-22,27,29,33-34,41,44,47-48,50H,8-10,23-26,28,30-32,58-59H2,1-7H3,(H,60,67)(H,61,69)(H,62,68)(H,63,66)/t33-,34-,41?,44?,47?,48?,50?,56-/m0/s1. The number of rotatable bonds is 17. The number of unbranched alkanes of at least 4 members (excludes halogenated alkanes) is 1. The minimum Gasteiger partial charge on any atom is -0.492 e. The third kappa shape index (κ3) is 11.3. The van der Waals surface area contributed by atoms with Crippen molar-refractivity contribution in [3.8, 4) is 33.8 Å². The molecule has 5 amide bonds. The number of aryl methyl sites for hydroxylation is 1. The van der Waals surface area contributed by atoms with Gasteiger partial charge in [0.15, 0.2) is 0 Å². The van der Waals surface area contributed by atoms with Crippen molar-refractivity contribution < 1.29 is 42.8 Å². The Balaban J connectivity index is 1.05. The van der Waals surface area contributed by atoms with Crippen LogP contribution in [0.4, 0.5) is 0 Å². The first-order valence-corrected chi connectivity index (χ1v) is 25.9. The first-order chi connectivity index (χ1) is 34.9. The molecule has 3 saturated carbocycles. The van der Waals surface area contributed by atoms with Gasteiger partial charge in [-0.05, 0) is 128 Å². The molecule has 4 fully saturated rings. The predicted octanol–water partition coefficient (Wildman–Crippen LogP) is 5.29. The fourth-order valence-electron chi connectivity index (χ4n) is 11.2. The fourth-order valence-corrected chi connectivity index (χ4v) is 11.2. The second kappa shape index (κ2) is 22.5. The largest absolute Gasteiger partial charge is 0.492 e. The smallest absolute Gasteiger partial charge is 0.481 e. The van der Waals surface area contributed by atoms with Crippen LogP contribution < -0.4 is 42.2 Å². The van der Waals surface area contributed by atoms with Gasteiger partial charge in [-0.2, -0.15) is 0 Å². The lowest BCUT2D eigenvalue weighted by Crippen LogP contribution is -2.65. The third-order valence-corrected chi connectivity index (χ3v) is 15.7. The summed E-state index contributed by atoms with van der Waals surface area (Å²) in [4.78, 5) is 72.1. The Morgan fingerprint density at radius 2 is 1.51 bits per heavy atom. The van der Waals surface area contributed by atoms with Crippen molar-refractivity contribution in [3.63, 3.8) is 0 Å². The molecule has 5 aliphatic rings. The topological polar surface area (TPSA) is 226 Å². The van der Waals surface area contributed by atoms with Crippen LogP contribution in [0, 0.1) is 17.3 Å². The average Bonchev–Trinajstić information content (AvgIpc) is 3.76. The van der Waals surface area contributed by atoms with Gasteiger partial charge in [-0.15, -0.1) is 0 Å². The molecule has 0 spiro atoms. The van der Waals surface area contributed by atoms with E-state index < -0.39 is 72.9 Å². The number of likely N-dealkylation sites (N-methyl/N-ethyl adjacent to an activating group) is 1. The lowest BCUT2D eigenvalue weighted by Gasteiger charge is -2.64. The maximum atomic E-state index is 14.6. The Kier molecular flexibility index (Phi) is 16.3. The van der Waals surface area contributed by atoms with E-state index in [2.05, 4.69) is 73.2 Å². The Hall–Kier alpha value is -6.27. The van der Waals surface area contributed by atoms with E-state index in [0.29, 0.717) is 51.2 Å². The first kappa shape index (κ1) is 53.0. The van der Waals surface area contributed by atoms with Gasteiger partial charge in [0.25, 0.3) is 5.91 Å². The molecule has 17 heteroatoms. The van der Waals surface area contributed by atoms with Gasteiger partial charge in [-0.1, -0.05) is 75.7 Å². The summed E-state index contributed by atoms with van der Waals surface area (Å²) in [6.07, 6.45) is 5.22. The number of benzene rings is 4. The van der Waals surface area contributed by atoms with Crippen LogP contribution in [-0.4, -0.2) is 111 Å². The van der Waals surface area contributed by atoms with Crippen molar-refractivity contribution in [2.45, 2.75) is 116 Å². The molecule has 2 heterocycles. The van der Waals surface area contributed by atoms with Crippen molar-refractivity contribution in [1.82, 2.24) is 26.2 Å². The number of hydrogen-bond donors (Lipinski definition) is 6. The lowest BCUT2D eigenvalue weighted by molar-refractivity contribution is -0.199. The van der Waals surface area contributed by atoms with Crippen molar-refractivity contribution in [3.05, 3.63) is 107 Å². The van der Waals surface area contributed by atoms with Gasteiger partial charge < -0.3 is 56.4 Å². The lowest BCUT2D eigenvalue weighted by atomic mass is 9.43. The zero-order valence-corrected chi connectivity index (χ0v) is 43.3. The molecule has 5 unspecified atom stereocenters. The summed E-state index contributed by atoms with van der Waals surface area (Å²) in [6.45, 7) is 12.6. The molecule has 8 atom stereocenters. The van der Waals surface area contributed by atoms with E-state index >= 15 is 0 Å². The maximum Gasteiger partial charge on any atom is 0.481 e. The van der Waals surface area contributed by atoms with Gasteiger partial charge in [0, 0.05) is 43.2 Å². The Morgan fingerprint density at radius 3 is 2.15 bits per heavy atom. The molecule has 6 bridgehead atoms. The molecule has 0 radical (unpaired) electrons. The summed E-state index contributed by atoms with van der Waals surface area (Å²) in [5.74, 6) is -1.68. The number of fused-ring (bicyclic) bond motifs is 5. The summed E-state index contributed by atoms with van der Waals surface area (Å²) in [6, 6.07) is 22.5. The molecule has 4 aromatic carbocycles. The van der Waals surface area contributed by atoms with Gasteiger partial charge >= 0.3 is 7.12 Å². The molecule has 8 N–H and O–H groups in total. The van der Waals surface area contributed by atoms with Crippen LogP contribution in [0.25, 0.3) is 22.3 Å². The van der Waals surface area contributed by atoms with Crippen LogP contribution in [0.2, 0.25) is 0 Å². The SMILES string of the molecule is CCCCc1ccc(-c2ccc(C(=O)NCC(=O)N(C)C3C(=O)N[C@@H](C)C(=O)NC(C(=O)N[C@@H](C)B4OC5CC6CC(C6(C)C)[C@]5(C)O4)Cc4ccc(OCCN)c(c4)-c4cc3ccc4OCCN)cc2)cc1. The summed E-state index contributed by atoms with van der Waals surface area (Å²) in [5, 5.41) is 11.5. The Morgan fingerprint density at radius 1 is 0.863 bits per heavy atom. The van der Waals surface area contributed by atoms with Crippen molar-refractivity contribution in [1.29, 1.82) is 0 Å². The second-order valence-corrected chi connectivity index (χ2v) is 21.0. The highest BCUT2D eigenvalue weighted by atomic mass is 16.7. The van der Waals surface area contributed by atoms with Crippen LogP contribution in [0.5, 0.6) is 11.5 Å². The van der Waals surface area contributed by atoms with Crippen molar-refractivity contribution in [2.75, 3.05) is 39.9 Å². The number of hydrogen-bond acceptors (Lipinski definition) is 11. The Labute approximate surface area is 429 Å². The molecule has 2 aliphatic heterocycles. The van der Waals surface area contributed by atoms with Crippen molar-refractivity contribution >= 4 is 36.7 Å². The number of nitrogens with one attached hydrogen (secondary N) is 4. The van der Waals surface area contributed by atoms with Crippen LogP contribution in [-0.2, 0) is 41.3 Å². The summed E-state index contributed by atoms with van der Waals surface area (Å²) in [7, 11) is 0.758. The van der Waals surface area contributed by atoms with Gasteiger partial charge in [0.1, 0.15) is 42.8 Å². The van der Waals surface area contributed by atoms with E-state index in [-0.39, 0.29) is 44.2 Å². The van der Waals surface area contributed by atoms with E-state index in [9.17, 15) is 24.0 Å². The zero-order valence-electron chi connectivity index (χ0n) is 43.3. The molecule has 16 nitrogen and oxygen atoms in total. The van der Waals surface area contributed by atoms with Gasteiger partial charge in [0.05, 0.1) is 24.2 Å². The quantitative estimate of drug-likeness (QED) is 0.0746. The van der Waals surface area contributed by atoms with Crippen LogP contribution >= 0.6 is 0 Å². The third-order valence-electron chi connectivity index (χ3n) is 15.7. The van der Waals surface area contributed by atoms with Crippen LogP contribution in [0.1, 0.15) is 100 Å². The number of nitrogens with zero attached hydrogens (tertiary/aromatic N) is 1. The molecular formula is C56H72BN7O9. The number of nitrogens with two attached hydrogens (primary N) is 2. The summed E-state index contributed by atoms with van der Waals surface area (Å²) < 4.78 is 25.5. The summed E-state index contributed by atoms with van der Waals surface area (Å²) in [5.41, 5.74) is 17.2. The number of carbonyl (C=O) groups excluding carboxylic acids is 5. The average molecular weight is 998 g/mol.